The van der Waals surface area contributed by atoms with E-state index in [1.54, 1.807) is 0 Å². The van der Waals surface area contributed by atoms with Gasteiger partial charge in [-0.25, -0.2) is 0 Å². The normalized spacial score (nSPS) is 10.8. The van der Waals surface area contributed by atoms with Crippen LogP contribution in [-0.4, -0.2) is 16.8 Å². The first-order valence-corrected chi connectivity index (χ1v) is 5.99. The quantitative estimate of drug-likeness (QED) is 0.741. The van der Waals surface area contributed by atoms with Gasteiger partial charge in [0.2, 0.25) is 0 Å². The largest absolute Gasteiger partial charge is 0.372 e. The van der Waals surface area contributed by atoms with E-state index < -0.39 is 0 Å². The number of hydrogen-bond acceptors (Lipinski definition) is 2. The Bertz CT molecular complexity index is 693. The Morgan fingerprint density at radius 1 is 1.06 bits per heavy atom. The number of aryl methyl sites for hydroxylation is 1. The summed E-state index contributed by atoms with van der Waals surface area (Å²) >= 11 is 0. The molecule has 2 aromatic carbocycles. The predicted molar refractivity (Wildman–Crippen MR) is 75.7 cm³/mol. The van der Waals surface area contributed by atoms with Crippen molar-refractivity contribution < 1.29 is 0 Å². The molecule has 3 heteroatoms. The average Bonchev–Trinajstić information content (AvgIpc) is 2.79. The number of anilines is 1. The number of hydrogen-bond donors (Lipinski definition) is 1. The van der Waals surface area contributed by atoms with Crippen LogP contribution in [0.25, 0.3) is 22.0 Å². The summed E-state index contributed by atoms with van der Waals surface area (Å²) in [5.74, 6) is 0.889. The summed E-state index contributed by atoms with van der Waals surface area (Å²) in [4.78, 5) is 0. The highest BCUT2D eigenvalue weighted by molar-refractivity contribution is 5.96. The Balaban J connectivity index is 2.27. The van der Waals surface area contributed by atoms with Crippen LogP contribution in [0.2, 0.25) is 0 Å². The molecule has 0 amide bonds. The number of nitrogens with one attached hydrogen (secondary N) is 1. The predicted octanol–water partition coefficient (Wildman–Crippen LogP) is 3.28. The molecule has 0 spiro atoms. The third kappa shape index (κ3) is 1.64. The summed E-state index contributed by atoms with van der Waals surface area (Å²) < 4.78 is 1.91. The van der Waals surface area contributed by atoms with Gasteiger partial charge in [-0.3, -0.25) is 4.68 Å². The van der Waals surface area contributed by atoms with E-state index in [0.29, 0.717) is 0 Å². The zero-order valence-corrected chi connectivity index (χ0v) is 10.5. The smallest absolute Gasteiger partial charge is 0.148 e. The molecular weight excluding hydrogens is 222 g/mol. The van der Waals surface area contributed by atoms with Gasteiger partial charge in [0.05, 0.1) is 5.69 Å². The summed E-state index contributed by atoms with van der Waals surface area (Å²) in [5.41, 5.74) is 2.33. The standard InChI is InChI=1S/C15H15N3/c1-16-15-10-14(18(2)17-15)13-9-5-7-11-6-3-4-8-12(11)13/h3-10H,1-2H3,(H,16,17). The SMILES string of the molecule is CNc1cc(-c2cccc3ccccc23)n(C)n1. The first kappa shape index (κ1) is 10.8. The van der Waals surface area contributed by atoms with Crippen molar-refractivity contribution in [1.82, 2.24) is 9.78 Å². The van der Waals surface area contributed by atoms with Gasteiger partial charge in [0.25, 0.3) is 0 Å². The van der Waals surface area contributed by atoms with E-state index in [9.17, 15) is 0 Å². The van der Waals surface area contributed by atoms with Crippen molar-refractivity contribution in [3.8, 4) is 11.3 Å². The van der Waals surface area contributed by atoms with Gasteiger partial charge in [-0.15, -0.1) is 0 Å². The van der Waals surface area contributed by atoms with E-state index in [0.717, 1.165) is 11.5 Å². The summed E-state index contributed by atoms with van der Waals surface area (Å²) in [7, 11) is 3.85. The lowest BCUT2D eigenvalue weighted by molar-refractivity contribution is 0.779. The Morgan fingerprint density at radius 2 is 1.83 bits per heavy atom. The lowest BCUT2D eigenvalue weighted by Crippen LogP contribution is -1.95. The van der Waals surface area contributed by atoms with E-state index in [1.165, 1.54) is 16.3 Å². The van der Waals surface area contributed by atoms with Crippen molar-refractivity contribution >= 4 is 16.6 Å². The summed E-state index contributed by atoms with van der Waals surface area (Å²) in [6, 6.07) is 16.8. The molecule has 0 aliphatic heterocycles. The number of nitrogens with zero attached hydrogens (tertiary/aromatic N) is 2. The van der Waals surface area contributed by atoms with E-state index in [1.807, 2.05) is 18.8 Å². The molecule has 0 aliphatic rings. The minimum Gasteiger partial charge on any atom is -0.372 e. The van der Waals surface area contributed by atoms with Crippen LogP contribution in [0.3, 0.4) is 0 Å². The lowest BCUT2D eigenvalue weighted by Gasteiger charge is -2.06. The molecule has 3 aromatic rings. The molecule has 90 valence electrons. The van der Waals surface area contributed by atoms with Crippen molar-refractivity contribution in [1.29, 1.82) is 0 Å². The Hall–Kier alpha value is -2.29. The second-order valence-corrected chi connectivity index (χ2v) is 4.32. The van der Waals surface area contributed by atoms with E-state index in [4.69, 9.17) is 0 Å². The van der Waals surface area contributed by atoms with Gasteiger partial charge in [0, 0.05) is 25.7 Å². The molecule has 0 atom stereocenters. The maximum absolute atomic E-state index is 4.42. The maximum atomic E-state index is 4.42. The van der Waals surface area contributed by atoms with Crippen LogP contribution >= 0.6 is 0 Å². The van der Waals surface area contributed by atoms with Crippen molar-refractivity contribution in [2.24, 2.45) is 7.05 Å². The first-order valence-electron chi connectivity index (χ1n) is 5.99. The third-order valence-electron chi connectivity index (χ3n) is 3.20. The molecule has 0 saturated heterocycles. The second kappa shape index (κ2) is 4.18. The van der Waals surface area contributed by atoms with Crippen molar-refractivity contribution in [3.63, 3.8) is 0 Å². The van der Waals surface area contributed by atoms with Gasteiger partial charge in [-0.05, 0) is 10.8 Å². The van der Waals surface area contributed by atoms with Gasteiger partial charge in [-0.2, -0.15) is 5.10 Å². The van der Waals surface area contributed by atoms with Crippen LogP contribution in [0.4, 0.5) is 5.82 Å². The Morgan fingerprint density at radius 3 is 2.61 bits per heavy atom. The summed E-state index contributed by atoms with van der Waals surface area (Å²) in [5, 5.41) is 10.00. The van der Waals surface area contributed by atoms with Gasteiger partial charge < -0.3 is 5.32 Å². The lowest BCUT2D eigenvalue weighted by atomic mass is 10.0. The molecule has 0 fully saturated rings. The topological polar surface area (TPSA) is 29.9 Å². The molecule has 1 N–H and O–H groups in total. The Kier molecular flexibility index (Phi) is 2.52. The highest BCUT2D eigenvalue weighted by Gasteiger charge is 2.09. The first-order chi connectivity index (χ1) is 8.79. The molecule has 0 aliphatic carbocycles. The molecule has 0 saturated carbocycles. The number of rotatable bonds is 2. The van der Waals surface area contributed by atoms with Gasteiger partial charge in [0.15, 0.2) is 0 Å². The van der Waals surface area contributed by atoms with Crippen LogP contribution in [0.5, 0.6) is 0 Å². The Labute approximate surface area is 106 Å². The third-order valence-corrected chi connectivity index (χ3v) is 3.20. The van der Waals surface area contributed by atoms with Crippen molar-refractivity contribution in [2.75, 3.05) is 12.4 Å². The average molecular weight is 237 g/mol. The fourth-order valence-corrected chi connectivity index (χ4v) is 2.29. The number of aromatic nitrogens is 2. The molecule has 0 unspecified atom stereocenters. The fraction of sp³-hybridized carbons (Fsp3) is 0.133. The van der Waals surface area contributed by atoms with Crippen LogP contribution in [-0.2, 0) is 7.05 Å². The molecule has 0 bridgehead atoms. The second-order valence-electron chi connectivity index (χ2n) is 4.32. The minimum atomic E-state index is 0.889. The summed E-state index contributed by atoms with van der Waals surface area (Å²) in [6.07, 6.45) is 0. The molecule has 1 aromatic heterocycles. The molecular formula is C15H15N3. The van der Waals surface area contributed by atoms with Crippen LogP contribution < -0.4 is 5.32 Å². The maximum Gasteiger partial charge on any atom is 0.148 e. The van der Waals surface area contributed by atoms with Crippen molar-refractivity contribution in [3.05, 3.63) is 48.5 Å². The number of benzene rings is 2. The zero-order chi connectivity index (χ0) is 12.5. The monoisotopic (exact) mass is 237 g/mol. The molecule has 3 nitrogen and oxygen atoms in total. The summed E-state index contributed by atoms with van der Waals surface area (Å²) in [6.45, 7) is 0. The number of fused-ring (bicyclic) bond motifs is 1. The highest BCUT2D eigenvalue weighted by atomic mass is 15.3. The minimum absolute atomic E-state index is 0.889. The molecule has 0 radical (unpaired) electrons. The van der Waals surface area contributed by atoms with Crippen LogP contribution in [0.1, 0.15) is 0 Å². The molecule has 1 heterocycles. The van der Waals surface area contributed by atoms with Crippen LogP contribution in [0, 0.1) is 0 Å². The van der Waals surface area contributed by atoms with Crippen molar-refractivity contribution in [2.45, 2.75) is 0 Å². The fourth-order valence-electron chi connectivity index (χ4n) is 2.29. The van der Waals surface area contributed by atoms with E-state index in [2.05, 4.69) is 58.9 Å². The zero-order valence-electron chi connectivity index (χ0n) is 10.5. The van der Waals surface area contributed by atoms with E-state index >= 15 is 0 Å². The highest BCUT2D eigenvalue weighted by Crippen LogP contribution is 2.29. The molecule has 18 heavy (non-hydrogen) atoms. The van der Waals surface area contributed by atoms with E-state index in [-0.39, 0.29) is 0 Å². The van der Waals surface area contributed by atoms with Gasteiger partial charge >= 0.3 is 0 Å². The molecule has 3 rings (SSSR count). The van der Waals surface area contributed by atoms with Gasteiger partial charge in [-0.1, -0.05) is 42.5 Å². The van der Waals surface area contributed by atoms with Gasteiger partial charge in [0.1, 0.15) is 5.82 Å². The van der Waals surface area contributed by atoms with Crippen LogP contribution in [0.15, 0.2) is 48.5 Å².